The first-order valence-corrected chi connectivity index (χ1v) is 8.29. The number of hydrogen-bond donors (Lipinski definition) is 1. The molecule has 6 heteroatoms. The molecule has 0 bridgehead atoms. The van der Waals surface area contributed by atoms with Crippen molar-refractivity contribution >= 4 is 28.8 Å². The molecule has 19 heavy (non-hydrogen) atoms. The van der Waals surface area contributed by atoms with Gasteiger partial charge in [0.1, 0.15) is 4.21 Å². The van der Waals surface area contributed by atoms with Crippen molar-refractivity contribution < 1.29 is 10.0 Å². The SMILES string of the molecule is CC1CCCC(Sc2sc(C(C)O)cc2[N+](=O)[O-])C1. The fourth-order valence-electron chi connectivity index (χ4n) is 2.44. The number of thioether (sulfide) groups is 1. The van der Waals surface area contributed by atoms with Gasteiger partial charge >= 0.3 is 0 Å². The topological polar surface area (TPSA) is 63.4 Å². The number of aliphatic hydroxyl groups is 1. The zero-order chi connectivity index (χ0) is 14.0. The zero-order valence-corrected chi connectivity index (χ0v) is 12.8. The van der Waals surface area contributed by atoms with E-state index in [2.05, 4.69) is 6.92 Å². The molecule has 1 aromatic heterocycles. The minimum Gasteiger partial charge on any atom is -0.388 e. The van der Waals surface area contributed by atoms with Gasteiger partial charge in [-0.3, -0.25) is 10.1 Å². The summed E-state index contributed by atoms with van der Waals surface area (Å²) in [6.07, 6.45) is 4.10. The Morgan fingerprint density at radius 3 is 2.89 bits per heavy atom. The lowest BCUT2D eigenvalue weighted by Crippen LogP contribution is -2.14. The molecular formula is C13H19NO3S2. The van der Waals surface area contributed by atoms with Gasteiger partial charge in [-0.05, 0) is 25.7 Å². The zero-order valence-electron chi connectivity index (χ0n) is 11.2. The first-order valence-electron chi connectivity index (χ1n) is 6.60. The Bertz CT molecular complexity index is 459. The highest BCUT2D eigenvalue weighted by Gasteiger charge is 2.26. The number of hydrogen-bond acceptors (Lipinski definition) is 5. The highest BCUT2D eigenvalue weighted by atomic mass is 32.2. The summed E-state index contributed by atoms with van der Waals surface area (Å²) in [5.74, 6) is 0.710. The molecule has 106 valence electrons. The van der Waals surface area contributed by atoms with E-state index in [0.29, 0.717) is 16.0 Å². The van der Waals surface area contributed by atoms with E-state index in [1.54, 1.807) is 18.7 Å². The van der Waals surface area contributed by atoms with Gasteiger partial charge in [0.05, 0.1) is 11.0 Å². The lowest BCUT2D eigenvalue weighted by Gasteiger charge is -2.25. The maximum absolute atomic E-state index is 11.1. The summed E-state index contributed by atoms with van der Waals surface area (Å²) in [6.45, 7) is 3.89. The molecule has 1 saturated carbocycles. The van der Waals surface area contributed by atoms with E-state index in [1.165, 1.54) is 30.2 Å². The smallest absolute Gasteiger partial charge is 0.294 e. The summed E-state index contributed by atoms with van der Waals surface area (Å²) in [5.41, 5.74) is 0.157. The van der Waals surface area contributed by atoms with Crippen molar-refractivity contribution in [3.63, 3.8) is 0 Å². The molecule has 1 heterocycles. The standard InChI is InChI=1S/C13H19NO3S2/c1-8-4-3-5-10(6-8)18-13-11(14(16)17)7-12(19-13)9(2)15/h7-10,15H,3-6H2,1-2H3. The Balaban J connectivity index is 2.16. The predicted octanol–water partition coefficient (Wildman–Crippen LogP) is 4.38. The second-order valence-corrected chi connectivity index (χ2v) is 7.92. The molecule has 0 amide bonds. The first kappa shape index (κ1) is 14.8. The van der Waals surface area contributed by atoms with Crippen LogP contribution in [0.4, 0.5) is 5.69 Å². The van der Waals surface area contributed by atoms with E-state index in [-0.39, 0.29) is 10.6 Å². The Hall–Kier alpha value is -0.590. The average Bonchev–Trinajstić information content (AvgIpc) is 2.73. The van der Waals surface area contributed by atoms with Crippen LogP contribution in [-0.4, -0.2) is 15.3 Å². The molecule has 1 aliphatic rings. The minimum absolute atomic E-state index is 0.157. The highest BCUT2D eigenvalue weighted by Crippen LogP contribution is 2.45. The number of thiophene rings is 1. The van der Waals surface area contributed by atoms with E-state index in [9.17, 15) is 15.2 Å². The van der Waals surface area contributed by atoms with Gasteiger partial charge in [0.15, 0.2) is 0 Å². The van der Waals surface area contributed by atoms with Crippen LogP contribution in [0.15, 0.2) is 10.3 Å². The number of aliphatic hydroxyl groups excluding tert-OH is 1. The van der Waals surface area contributed by atoms with Crippen molar-refractivity contribution in [3.05, 3.63) is 21.1 Å². The normalized spacial score (nSPS) is 25.2. The summed E-state index contributed by atoms with van der Waals surface area (Å²) < 4.78 is 0.750. The quantitative estimate of drug-likeness (QED) is 0.662. The first-order chi connectivity index (χ1) is 8.97. The van der Waals surface area contributed by atoms with Crippen LogP contribution < -0.4 is 0 Å². The third-order valence-corrected chi connectivity index (χ3v) is 6.28. The van der Waals surface area contributed by atoms with Gasteiger partial charge in [0.25, 0.3) is 5.69 Å². The molecule has 0 aliphatic heterocycles. The van der Waals surface area contributed by atoms with Gasteiger partial charge < -0.3 is 5.11 Å². The Morgan fingerprint density at radius 1 is 1.58 bits per heavy atom. The van der Waals surface area contributed by atoms with Crippen LogP contribution in [0, 0.1) is 16.0 Å². The third-order valence-electron chi connectivity index (χ3n) is 3.47. The molecule has 3 atom stereocenters. The molecular weight excluding hydrogens is 282 g/mol. The van der Waals surface area contributed by atoms with Crippen LogP contribution in [0.25, 0.3) is 0 Å². The van der Waals surface area contributed by atoms with Crippen LogP contribution in [0.3, 0.4) is 0 Å². The van der Waals surface area contributed by atoms with E-state index < -0.39 is 6.10 Å². The second-order valence-electron chi connectivity index (χ2n) is 5.27. The summed E-state index contributed by atoms with van der Waals surface area (Å²) in [6, 6.07) is 1.52. The number of nitrogens with zero attached hydrogens (tertiary/aromatic N) is 1. The molecule has 1 fully saturated rings. The van der Waals surface area contributed by atoms with Crippen molar-refractivity contribution in [2.75, 3.05) is 0 Å². The van der Waals surface area contributed by atoms with Crippen molar-refractivity contribution in [2.45, 2.75) is 55.1 Å². The Labute approximate surface area is 121 Å². The van der Waals surface area contributed by atoms with Gasteiger partial charge in [0, 0.05) is 16.2 Å². The average molecular weight is 301 g/mol. The predicted molar refractivity (Wildman–Crippen MR) is 78.9 cm³/mol. The fraction of sp³-hybridized carbons (Fsp3) is 0.692. The summed E-state index contributed by atoms with van der Waals surface area (Å²) >= 11 is 2.99. The largest absolute Gasteiger partial charge is 0.388 e. The van der Waals surface area contributed by atoms with E-state index >= 15 is 0 Å². The molecule has 3 unspecified atom stereocenters. The van der Waals surface area contributed by atoms with Gasteiger partial charge in [-0.25, -0.2) is 0 Å². The molecule has 1 N–H and O–H groups in total. The Morgan fingerprint density at radius 2 is 2.32 bits per heavy atom. The maximum atomic E-state index is 11.1. The fourth-order valence-corrected chi connectivity index (χ4v) is 5.39. The monoisotopic (exact) mass is 301 g/mol. The van der Waals surface area contributed by atoms with Gasteiger partial charge in [-0.1, -0.05) is 19.8 Å². The Kier molecular flexibility index (Phi) is 4.86. The van der Waals surface area contributed by atoms with Crippen LogP contribution >= 0.6 is 23.1 Å². The van der Waals surface area contributed by atoms with Gasteiger partial charge in [-0.15, -0.1) is 23.1 Å². The lowest BCUT2D eigenvalue weighted by molar-refractivity contribution is -0.387. The van der Waals surface area contributed by atoms with E-state index in [1.807, 2.05) is 0 Å². The molecule has 0 aromatic carbocycles. The molecule has 2 rings (SSSR count). The summed E-state index contributed by atoms with van der Waals surface area (Å²) in [4.78, 5) is 11.4. The molecule has 0 spiro atoms. The van der Waals surface area contributed by atoms with E-state index in [0.717, 1.165) is 17.1 Å². The molecule has 4 nitrogen and oxygen atoms in total. The summed E-state index contributed by atoms with van der Waals surface area (Å²) in [7, 11) is 0. The van der Waals surface area contributed by atoms with Crippen LogP contribution in [0.2, 0.25) is 0 Å². The van der Waals surface area contributed by atoms with Crippen molar-refractivity contribution in [3.8, 4) is 0 Å². The van der Waals surface area contributed by atoms with Gasteiger partial charge in [-0.2, -0.15) is 0 Å². The van der Waals surface area contributed by atoms with Gasteiger partial charge in [0.2, 0.25) is 0 Å². The van der Waals surface area contributed by atoms with Crippen molar-refractivity contribution in [1.82, 2.24) is 0 Å². The molecule has 1 aliphatic carbocycles. The van der Waals surface area contributed by atoms with E-state index in [4.69, 9.17) is 0 Å². The number of nitro groups is 1. The summed E-state index contributed by atoms with van der Waals surface area (Å²) in [5, 5.41) is 21.1. The van der Waals surface area contributed by atoms with Crippen LogP contribution in [-0.2, 0) is 0 Å². The third kappa shape index (κ3) is 3.70. The molecule has 0 saturated heterocycles. The number of rotatable bonds is 4. The lowest BCUT2D eigenvalue weighted by atomic mass is 9.91. The molecule has 0 radical (unpaired) electrons. The molecule has 1 aromatic rings. The van der Waals surface area contributed by atoms with Crippen LogP contribution in [0.1, 0.15) is 50.5 Å². The van der Waals surface area contributed by atoms with Crippen molar-refractivity contribution in [2.24, 2.45) is 5.92 Å². The second kappa shape index (κ2) is 6.24. The maximum Gasteiger partial charge on any atom is 0.294 e. The minimum atomic E-state index is -0.636. The van der Waals surface area contributed by atoms with Crippen molar-refractivity contribution in [1.29, 1.82) is 0 Å². The van der Waals surface area contributed by atoms with Crippen LogP contribution in [0.5, 0.6) is 0 Å². The highest BCUT2D eigenvalue weighted by molar-refractivity contribution is 8.01.